The van der Waals surface area contributed by atoms with Gasteiger partial charge in [0.05, 0.1) is 11.5 Å². The van der Waals surface area contributed by atoms with Gasteiger partial charge in [0.1, 0.15) is 5.75 Å². The molecule has 0 saturated heterocycles. The van der Waals surface area contributed by atoms with E-state index in [0.717, 1.165) is 5.75 Å². The molecule has 1 amide bonds. The van der Waals surface area contributed by atoms with E-state index < -0.39 is 10.0 Å². The van der Waals surface area contributed by atoms with Crippen LogP contribution in [0.4, 0.5) is 5.69 Å². The zero-order chi connectivity index (χ0) is 17.6. The molecule has 0 fully saturated rings. The molecule has 2 aromatic rings. The van der Waals surface area contributed by atoms with Gasteiger partial charge in [-0.05, 0) is 43.2 Å². The molecule has 0 atom stereocenters. The molecule has 6 nitrogen and oxygen atoms in total. The normalized spacial score (nSPS) is 11.1. The Morgan fingerprint density at radius 3 is 2.54 bits per heavy atom. The first-order valence-corrected chi connectivity index (χ1v) is 9.02. The first-order chi connectivity index (χ1) is 11.4. The summed E-state index contributed by atoms with van der Waals surface area (Å²) in [7, 11) is -3.81. The Bertz CT molecular complexity index is 805. The van der Waals surface area contributed by atoms with Crippen molar-refractivity contribution in [3.8, 4) is 5.75 Å². The van der Waals surface area contributed by atoms with Gasteiger partial charge < -0.3 is 10.1 Å². The molecule has 2 rings (SSSR count). The molecule has 0 spiro atoms. The van der Waals surface area contributed by atoms with E-state index in [2.05, 4.69) is 5.32 Å². The SMILES string of the molecule is Cc1ccc(NC(=O)CCCOc2ccccc2)cc1S(N)(=O)=O. The van der Waals surface area contributed by atoms with Crippen LogP contribution in [-0.4, -0.2) is 20.9 Å². The summed E-state index contributed by atoms with van der Waals surface area (Å²) in [5.74, 6) is 0.546. The van der Waals surface area contributed by atoms with Crippen molar-refractivity contribution in [2.24, 2.45) is 5.14 Å². The van der Waals surface area contributed by atoms with Gasteiger partial charge in [0.25, 0.3) is 0 Å². The molecule has 0 aliphatic carbocycles. The van der Waals surface area contributed by atoms with Crippen molar-refractivity contribution in [1.82, 2.24) is 0 Å². The first kappa shape index (κ1) is 18.0. The maximum Gasteiger partial charge on any atom is 0.238 e. The van der Waals surface area contributed by atoms with Gasteiger partial charge in [-0.25, -0.2) is 13.6 Å². The van der Waals surface area contributed by atoms with Gasteiger partial charge in [0.15, 0.2) is 0 Å². The molecule has 0 aliphatic rings. The lowest BCUT2D eigenvalue weighted by Gasteiger charge is -2.09. The van der Waals surface area contributed by atoms with Crippen LogP contribution >= 0.6 is 0 Å². The number of nitrogens with two attached hydrogens (primary N) is 1. The first-order valence-electron chi connectivity index (χ1n) is 7.47. The summed E-state index contributed by atoms with van der Waals surface area (Å²) in [5, 5.41) is 7.82. The van der Waals surface area contributed by atoms with Crippen molar-refractivity contribution >= 4 is 21.6 Å². The Balaban J connectivity index is 1.84. The summed E-state index contributed by atoms with van der Waals surface area (Å²) in [5.41, 5.74) is 0.936. The number of para-hydroxylation sites is 1. The summed E-state index contributed by atoms with van der Waals surface area (Å²) in [6, 6.07) is 14.0. The molecular formula is C17H20N2O4S. The maximum atomic E-state index is 11.9. The second kappa shape index (κ2) is 7.94. The number of hydrogen-bond donors (Lipinski definition) is 2. The van der Waals surface area contributed by atoms with Gasteiger partial charge in [-0.3, -0.25) is 4.79 Å². The summed E-state index contributed by atoms with van der Waals surface area (Å²) in [6.07, 6.45) is 0.819. The molecule has 0 saturated carbocycles. The van der Waals surface area contributed by atoms with Crippen LogP contribution in [0.3, 0.4) is 0 Å². The van der Waals surface area contributed by atoms with E-state index in [-0.39, 0.29) is 17.2 Å². The van der Waals surface area contributed by atoms with Crippen LogP contribution in [-0.2, 0) is 14.8 Å². The molecule has 2 aromatic carbocycles. The van der Waals surface area contributed by atoms with E-state index in [1.54, 1.807) is 19.1 Å². The minimum Gasteiger partial charge on any atom is -0.494 e. The lowest BCUT2D eigenvalue weighted by atomic mass is 10.2. The van der Waals surface area contributed by atoms with Crippen molar-refractivity contribution in [3.63, 3.8) is 0 Å². The third-order valence-corrected chi connectivity index (χ3v) is 4.39. The van der Waals surface area contributed by atoms with E-state index in [1.165, 1.54) is 6.07 Å². The Hall–Kier alpha value is -2.38. The molecule has 0 bridgehead atoms. The van der Waals surface area contributed by atoms with Crippen LogP contribution < -0.4 is 15.2 Å². The van der Waals surface area contributed by atoms with Gasteiger partial charge in [0, 0.05) is 12.1 Å². The highest BCUT2D eigenvalue weighted by Gasteiger charge is 2.13. The van der Waals surface area contributed by atoms with Crippen LogP contribution in [0, 0.1) is 6.92 Å². The number of benzene rings is 2. The topological polar surface area (TPSA) is 98.5 Å². The predicted octanol–water partition coefficient (Wildman–Crippen LogP) is 2.44. The van der Waals surface area contributed by atoms with Crippen molar-refractivity contribution in [3.05, 3.63) is 54.1 Å². The standard InChI is InChI=1S/C17H20N2O4S/c1-13-9-10-14(12-16(13)24(18,21)22)19-17(20)8-5-11-23-15-6-3-2-4-7-15/h2-4,6-7,9-10,12H,5,8,11H2,1H3,(H,19,20)(H2,18,21,22). The number of carbonyl (C=O) groups excluding carboxylic acids is 1. The second-order valence-electron chi connectivity index (χ2n) is 5.34. The van der Waals surface area contributed by atoms with Crippen LogP contribution in [0.1, 0.15) is 18.4 Å². The molecule has 0 aliphatic heterocycles. The molecule has 0 radical (unpaired) electrons. The highest BCUT2D eigenvalue weighted by atomic mass is 32.2. The number of carbonyl (C=O) groups is 1. The number of sulfonamides is 1. The number of primary sulfonamides is 1. The average Bonchev–Trinajstić information content (AvgIpc) is 2.53. The second-order valence-corrected chi connectivity index (χ2v) is 6.87. The fraction of sp³-hybridized carbons (Fsp3) is 0.235. The number of hydrogen-bond acceptors (Lipinski definition) is 4. The van der Waals surface area contributed by atoms with Crippen LogP contribution in [0.25, 0.3) is 0 Å². The van der Waals surface area contributed by atoms with Crippen LogP contribution in [0.5, 0.6) is 5.75 Å². The highest BCUT2D eigenvalue weighted by molar-refractivity contribution is 7.89. The van der Waals surface area contributed by atoms with Gasteiger partial charge in [-0.15, -0.1) is 0 Å². The van der Waals surface area contributed by atoms with Crippen molar-refractivity contribution in [2.45, 2.75) is 24.7 Å². The van der Waals surface area contributed by atoms with E-state index >= 15 is 0 Å². The Morgan fingerprint density at radius 1 is 1.17 bits per heavy atom. The quantitative estimate of drug-likeness (QED) is 0.751. The smallest absolute Gasteiger partial charge is 0.238 e. The molecule has 0 unspecified atom stereocenters. The lowest BCUT2D eigenvalue weighted by Crippen LogP contribution is -2.16. The van der Waals surface area contributed by atoms with Gasteiger partial charge in [-0.1, -0.05) is 24.3 Å². The van der Waals surface area contributed by atoms with Crippen molar-refractivity contribution in [1.29, 1.82) is 0 Å². The molecule has 128 valence electrons. The Kier molecular flexibility index (Phi) is 5.94. The van der Waals surface area contributed by atoms with Crippen molar-refractivity contribution < 1.29 is 17.9 Å². The molecule has 7 heteroatoms. The lowest BCUT2D eigenvalue weighted by molar-refractivity contribution is -0.116. The Morgan fingerprint density at radius 2 is 1.88 bits per heavy atom. The minimum absolute atomic E-state index is 0.00714. The number of amides is 1. The predicted molar refractivity (Wildman–Crippen MR) is 92.4 cm³/mol. The average molecular weight is 348 g/mol. The summed E-state index contributed by atoms with van der Waals surface area (Å²) >= 11 is 0. The van der Waals surface area contributed by atoms with Crippen LogP contribution in [0.2, 0.25) is 0 Å². The summed E-state index contributed by atoms with van der Waals surface area (Å²) in [4.78, 5) is 11.9. The van der Waals surface area contributed by atoms with Gasteiger partial charge >= 0.3 is 0 Å². The highest BCUT2D eigenvalue weighted by Crippen LogP contribution is 2.19. The zero-order valence-corrected chi connectivity index (χ0v) is 14.2. The van der Waals surface area contributed by atoms with E-state index in [1.807, 2.05) is 30.3 Å². The number of aryl methyl sites for hydroxylation is 1. The maximum absolute atomic E-state index is 11.9. The number of anilines is 1. The van der Waals surface area contributed by atoms with E-state index in [0.29, 0.717) is 24.3 Å². The molecule has 0 aromatic heterocycles. The van der Waals surface area contributed by atoms with Crippen LogP contribution in [0.15, 0.2) is 53.4 Å². The zero-order valence-electron chi connectivity index (χ0n) is 13.4. The van der Waals surface area contributed by atoms with Gasteiger partial charge in [-0.2, -0.15) is 0 Å². The minimum atomic E-state index is -3.81. The van der Waals surface area contributed by atoms with E-state index in [4.69, 9.17) is 9.88 Å². The third kappa shape index (κ3) is 5.36. The van der Waals surface area contributed by atoms with Gasteiger partial charge in [0.2, 0.25) is 15.9 Å². The molecule has 0 heterocycles. The summed E-state index contributed by atoms with van der Waals surface area (Å²) in [6.45, 7) is 2.07. The number of ether oxygens (including phenoxy) is 1. The number of nitrogens with one attached hydrogen (secondary N) is 1. The van der Waals surface area contributed by atoms with E-state index in [9.17, 15) is 13.2 Å². The van der Waals surface area contributed by atoms with Crippen molar-refractivity contribution in [2.75, 3.05) is 11.9 Å². The third-order valence-electron chi connectivity index (χ3n) is 3.34. The largest absolute Gasteiger partial charge is 0.494 e. The fourth-order valence-corrected chi connectivity index (χ4v) is 2.96. The summed E-state index contributed by atoms with van der Waals surface area (Å²) < 4.78 is 28.5. The monoisotopic (exact) mass is 348 g/mol. The Labute approximate surface area is 141 Å². The number of rotatable bonds is 7. The molecular weight excluding hydrogens is 328 g/mol. The molecule has 3 N–H and O–H groups in total. The fourth-order valence-electron chi connectivity index (χ4n) is 2.15. The molecule has 24 heavy (non-hydrogen) atoms.